The number of piperidine rings is 1. The Hall–Kier alpha value is -0.450. The van der Waals surface area contributed by atoms with E-state index < -0.39 is 0 Å². The molecule has 1 aliphatic heterocycles. The summed E-state index contributed by atoms with van der Waals surface area (Å²) in [5.41, 5.74) is 7.91. The fourth-order valence-electron chi connectivity index (χ4n) is 2.99. The second kappa shape index (κ2) is 3.27. The number of nitrogens with zero attached hydrogens (tertiary/aromatic N) is 1. The van der Waals surface area contributed by atoms with Gasteiger partial charge in [0.1, 0.15) is 0 Å². The van der Waals surface area contributed by atoms with E-state index in [1.54, 1.807) is 0 Å². The Morgan fingerprint density at radius 2 is 2.20 bits per heavy atom. The normalized spacial score (nSPS) is 28.3. The van der Waals surface area contributed by atoms with Gasteiger partial charge in [0.15, 0.2) is 0 Å². The first-order valence-electron chi connectivity index (χ1n) is 5.64. The molecule has 0 unspecified atom stereocenters. The molecule has 1 atom stereocenters. The second-order valence-corrected chi connectivity index (χ2v) is 6.10. The lowest BCUT2D eigenvalue weighted by atomic mass is 9.74. The van der Waals surface area contributed by atoms with Crippen molar-refractivity contribution in [1.82, 2.24) is 10.3 Å². The third-order valence-electron chi connectivity index (χ3n) is 3.90. The Morgan fingerprint density at radius 3 is 2.87 bits per heavy atom. The summed E-state index contributed by atoms with van der Waals surface area (Å²) in [6, 6.07) is 0.180. The van der Waals surface area contributed by atoms with E-state index in [9.17, 15) is 0 Å². The Kier molecular flexibility index (Phi) is 2.13. The van der Waals surface area contributed by atoms with Crippen molar-refractivity contribution in [2.75, 3.05) is 13.1 Å². The molecule has 82 valence electrons. The summed E-state index contributed by atoms with van der Waals surface area (Å²) in [4.78, 5) is 6.04. The van der Waals surface area contributed by atoms with E-state index in [-0.39, 0.29) is 6.04 Å². The molecule has 2 heterocycles. The summed E-state index contributed by atoms with van der Waals surface area (Å²) >= 11 is 1.84. The second-order valence-electron chi connectivity index (χ2n) is 4.81. The van der Waals surface area contributed by atoms with Crippen molar-refractivity contribution in [3.05, 3.63) is 15.6 Å². The molecule has 1 spiro atoms. The Balaban J connectivity index is 1.95. The molecule has 15 heavy (non-hydrogen) atoms. The highest BCUT2D eigenvalue weighted by molar-refractivity contribution is 7.11. The van der Waals surface area contributed by atoms with Crippen molar-refractivity contribution < 1.29 is 0 Å². The molecule has 1 aliphatic carbocycles. The Labute approximate surface area is 94.1 Å². The minimum absolute atomic E-state index is 0.180. The van der Waals surface area contributed by atoms with Crippen LogP contribution in [-0.2, 0) is 6.42 Å². The maximum atomic E-state index is 6.39. The van der Waals surface area contributed by atoms with E-state index in [1.807, 2.05) is 11.3 Å². The summed E-state index contributed by atoms with van der Waals surface area (Å²) in [6.45, 7) is 4.30. The average molecular weight is 223 g/mol. The van der Waals surface area contributed by atoms with E-state index in [4.69, 9.17) is 5.73 Å². The molecule has 0 radical (unpaired) electrons. The van der Waals surface area contributed by atoms with E-state index in [0.717, 1.165) is 19.5 Å². The van der Waals surface area contributed by atoms with Crippen LogP contribution < -0.4 is 11.1 Å². The lowest BCUT2D eigenvalue weighted by molar-refractivity contribution is 0.173. The van der Waals surface area contributed by atoms with Crippen LogP contribution in [0.2, 0.25) is 0 Å². The molecule has 1 aromatic rings. The first-order valence-corrected chi connectivity index (χ1v) is 6.45. The lowest BCUT2D eigenvalue weighted by Gasteiger charge is -2.37. The van der Waals surface area contributed by atoms with Gasteiger partial charge in [0.05, 0.1) is 16.7 Å². The molecule has 0 saturated carbocycles. The van der Waals surface area contributed by atoms with Crippen molar-refractivity contribution in [3.63, 3.8) is 0 Å². The fourth-order valence-corrected chi connectivity index (χ4v) is 4.12. The van der Waals surface area contributed by atoms with Crippen LogP contribution in [0.15, 0.2) is 0 Å². The lowest BCUT2D eigenvalue weighted by Crippen LogP contribution is -2.42. The van der Waals surface area contributed by atoms with Crippen molar-refractivity contribution in [2.24, 2.45) is 11.1 Å². The largest absolute Gasteiger partial charge is 0.322 e. The van der Waals surface area contributed by atoms with Gasteiger partial charge in [-0.05, 0) is 44.7 Å². The number of aryl methyl sites for hydroxylation is 1. The van der Waals surface area contributed by atoms with Gasteiger partial charge in [-0.25, -0.2) is 4.98 Å². The molecule has 1 fully saturated rings. The smallest absolute Gasteiger partial charge is 0.0900 e. The monoisotopic (exact) mass is 223 g/mol. The molecule has 3 rings (SSSR count). The number of hydrogen-bond donors (Lipinski definition) is 2. The van der Waals surface area contributed by atoms with Gasteiger partial charge in [-0.2, -0.15) is 0 Å². The topological polar surface area (TPSA) is 50.9 Å². The molecular weight excluding hydrogens is 206 g/mol. The molecule has 0 amide bonds. The molecule has 3 nitrogen and oxygen atoms in total. The average Bonchev–Trinajstić information content (AvgIpc) is 2.68. The zero-order chi connectivity index (χ0) is 10.5. The standard InChI is InChI=1S/C11H17N3S/c1-7-14-9-8(15-7)6-11(10(9)12)2-4-13-5-3-11/h10,13H,2-6,12H2,1H3/t10-/m1/s1. The van der Waals surface area contributed by atoms with Crippen LogP contribution in [-0.4, -0.2) is 18.1 Å². The van der Waals surface area contributed by atoms with E-state index in [1.165, 1.54) is 28.4 Å². The highest BCUT2D eigenvalue weighted by Gasteiger charge is 2.46. The highest BCUT2D eigenvalue weighted by Crippen LogP contribution is 2.50. The molecule has 1 aromatic heterocycles. The van der Waals surface area contributed by atoms with E-state index >= 15 is 0 Å². The number of aromatic nitrogens is 1. The molecule has 2 aliphatic rings. The molecule has 0 bridgehead atoms. The van der Waals surface area contributed by atoms with Crippen LogP contribution in [0.3, 0.4) is 0 Å². The quantitative estimate of drug-likeness (QED) is 0.698. The predicted octanol–water partition coefficient (Wildman–Crippen LogP) is 1.38. The number of nitrogens with two attached hydrogens (primary N) is 1. The third-order valence-corrected chi connectivity index (χ3v) is 4.89. The molecule has 0 aromatic carbocycles. The fraction of sp³-hybridized carbons (Fsp3) is 0.727. The minimum Gasteiger partial charge on any atom is -0.322 e. The van der Waals surface area contributed by atoms with Crippen LogP contribution in [0.5, 0.6) is 0 Å². The molecule has 1 saturated heterocycles. The summed E-state index contributed by atoms with van der Waals surface area (Å²) in [7, 11) is 0. The summed E-state index contributed by atoms with van der Waals surface area (Å²) < 4.78 is 0. The van der Waals surface area contributed by atoms with Gasteiger partial charge < -0.3 is 11.1 Å². The molecule has 4 heteroatoms. The van der Waals surface area contributed by atoms with Gasteiger partial charge in [0, 0.05) is 4.88 Å². The summed E-state index contributed by atoms with van der Waals surface area (Å²) in [6.07, 6.45) is 3.57. The van der Waals surface area contributed by atoms with Crippen molar-refractivity contribution >= 4 is 11.3 Å². The number of fused-ring (bicyclic) bond motifs is 1. The summed E-state index contributed by atoms with van der Waals surface area (Å²) in [5, 5.41) is 4.58. The van der Waals surface area contributed by atoms with Crippen LogP contribution in [0.1, 0.15) is 34.5 Å². The van der Waals surface area contributed by atoms with Gasteiger partial charge in [-0.15, -0.1) is 11.3 Å². The van der Waals surface area contributed by atoms with Crippen LogP contribution in [0, 0.1) is 12.3 Å². The zero-order valence-corrected chi connectivity index (χ0v) is 9.86. The van der Waals surface area contributed by atoms with Crippen molar-refractivity contribution in [1.29, 1.82) is 0 Å². The predicted molar refractivity (Wildman–Crippen MR) is 62.0 cm³/mol. The number of rotatable bonds is 0. The van der Waals surface area contributed by atoms with Crippen molar-refractivity contribution in [3.8, 4) is 0 Å². The van der Waals surface area contributed by atoms with Crippen LogP contribution in [0.4, 0.5) is 0 Å². The maximum Gasteiger partial charge on any atom is 0.0900 e. The van der Waals surface area contributed by atoms with E-state index in [2.05, 4.69) is 17.2 Å². The molecule has 3 N–H and O–H groups in total. The Morgan fingerprint density at radius 1 is 1.47 bits per heavy atom. The van der Waals surface area contributed by atoms with Gasteiger partial charge >= 0.3 is 0 Å². The molecular formula is C11H17N3S. The minimum atomic E-state index is 0.180. The van der Waals surface area contributed by atoms with Gasteiger partial charge in [-0.1, -0.05) is 0 Å². The van der Waals surface area contributed by atoms with Crippen LogP contribution >= 0.6 is 11.3 Å². The zero-order valence-electron chi connectivity index (χ0n) is 9.05. The third kappa shape index (κ3) is 1.35. The van der Waals surface area contributed by atoms with Gasteiger partial charge in [-0.3, -0.25) is 0 Å². The van der Waals surface area contributed by atoms with Crippen molar-refractivity contribution in [2.45, 2.75) is 32.2 Å². The number of hydrogen-bond acceptors (Lipinski definition) is 4. The van der Waals surface area contributed by atoms with Gasteiger partial charge in [0.25, 0.3) is 0 Å². The van der Waals surface area contributed by atoms with Crippen LogP contribution in [0.25, 0.3) is 0 Å². The first-order chi connectivity index (χ1) is 7.21. The maximum absolute atomic E-state index is 6.39. The highest BCUT2D eigenvalue weighted by atomic mass is 32.1. The summed E-state index contributed by atoms with van der Waals surface area (Å²) in [5.74, 6) is 0. The number of thiazole rings is 1. The number of nitrogens with one attached hydrogen (secondary N) is 1. The first kappa shape index (κ1) is 9.75. The van der Waals surface area contributed by atoms with Gasteiger partial charge in [0.2, 0.25) is 0 Å². The Bertz CT molecular complexity index is 379. The van der Waals surface area contributed by atoms with E-state index in [0.29, 0.717) is 5.41 Å². The SMILES string of the molecule is Cc1nc2c(s1)CC1(CCNCC1)[C@@H]2N.